The third kappa shape index (κ3) is 2.99. The minimum absolute atomic E-state index is 0.0170. The Hall–Kier alpha value is -2.74. The molecule has 0 saturated carbocycles. The number of aromatic nitrogens is 4. The van der Waals surface area contributed by atoms with Crippen molar-refractivity contribution in [3.63, 3.8) is 0 Å². The molecule has 0 radical (unpaired) electrons. The molecule has 0 aliphatic carbocycles. The molecule has 1 amide bonds. The minimum atomic E-state index is -0.583. The van der Waals surface area contributed by atoms with E-state index in [1.54, 1.807) is 29.2 Å². The summed E-state index contributed by atoms with van der Waals surface area (Å²) >= 11 is 0. The summed E-state index contributed by atoms with van der Waals surface area (Å²) in [4.78, 5) is 33.5. The molecule has 0 bridgehead atoms. The van der Waals surface area contributed by atoms with Crippen LogP contribution in [0, 0.1) is 11.3 Å². The molecule has 1 aliphatic rings. The summed E-state index contributed by atoms with van der Waals surface area (Å²) in [6.45, 7) is 7.11. The molecule has 2 aromatic heterocycles. The highest BCUT2D eigenvalue weighted by atomic mass is 16.3. The number of nitrogens with zero attached hydrogens (tertiary/aromatic N) is 4. The number of H-pyrrole nitrogens is 1. The summed E-state index contributed by atoms with van der Waals surface area (Å²) in [5.41, 5.74) is 0.300. The van der Waals surface area contributed by atoms with Crippen molar-refractivity contribution < 1.29 is 9.90 Å². The van der Waals surface area contributed by atoms with Crippen molar-refractivity contribution in [2.24, 2.45) is 11.3 Å². The second-order valence-corrected chi connectivity index (χ2v) is 8.22. The highest BCUT2D eigenvalue weighted by molar-refractivity contribution is 5.91. The number of rotatable bonds is 1. The number of fused-ring (bicyclic) bond motifs is 3. The van der Waals surface area contributed by atoms with E-state index in [-0.39, 0.29) is 40.9 Å². The molecule has 2 atom stereocenters. The molecule has 27 heavy (non-hydrogen) atoms. The number of β-amino-alcohol motifs (C(OH)–C–C–N with tert-alkyl or cyclic N) is 1. The quantitative estimate of drug-likeness (QED) is 0.675. The molecule has 8 nitrogen and oxygen atoms in total. The lowest BCUT2D eigenvalue weighted by atomic mass is 9.73. The Bertz CT molecular complexity index is 1080. The van der Waals surface area contributed by atoms with Crippen LogP contribution in [0.1, 0.15) is 37.8 Å². The van der Waals surface area contributed by atoms with Crippen molar-refractivity contribution in [2.75, 3.05) is 13.1 Å². The molecule has 4 rings (SSSR count). The van der Waals surface area contributed by atoms with E-state index < -0.39 is 6.10 Å². The summed E-state index contributed by atoms with van der Waals surface area (Å²) in [6.07, 6.45) is 0.143. The highest BCUT2D eigenvalue weighted by Crippen LogP contribution is 2.34. The van der Waals surface area contributed by atoms with Crippen molar-refractivity contribution in [1.29, 1.82) is 0 Å². The van der Waals surface area contributed by atoms with Crippen LogP contribution in [-0.2, 0) is 0 Å². The molecular formula is C19H23N5O3. The van der Waals surface area contributed by atoms with Gasteiger partial charge in [0, 0.05) is 13.1 Å². The summed E-state index contributed by atoms with van der Waals surface area (Å²) in [6, 6.07) is 7.04. The predicted octanol–water partition coefficient (Wildman–Crippen LogP) is 1.44. The molecule has 0 unspecified atom stereocenters. The first-order valence-corrected chi connectivity index (χ1v) is 9.11. The van der Waals surface area contributed by atoms with E-state index in [2.05, 4.69) is 35.8 Å². The van der Waals surface area contributed by atoms with Crippen molar-refractivity contribution in [3.8, 4) is 0 Å². The second kappa shape index (κ2) is 6.16. The molecule has 0 spiro atoms. The van der Waals surface area contributed by atoms with Crippen LogP contribution in [-0.4, -0.2) is 54.7 Å². The first kappa shape index (κ1) is 17.7. The summed E-state index contributed by atoms with van der Waals surface area (Å²) < 4.78 is 1.47. The maximum absolute atomic E-state index is 12.9. The molecule has 142 valence electrons. The highest BCUT2D eigenvalue weighted by Gasteiger charge is 2.38. The molecule has 1 aromatic carbocycles. The zero-order valence-corrected chi connectivity index (χ0v) is 15.6. The lowest BCUT2D eigenvalue weighted by Gasteiger charge is -2.41. The van der Waals surface area contributed by atoms with Gasteiger partial charge in [-0.3, -0.25) is 14.6 Å². The van der Waals surface area contributed by atoms with Crippen molar-refractivity contribution in [3.05, 3.63) is 40.4 Å². The van der Waals surface area contributed by atoms with Gasteiger partial charge in [0.2, 0.25) is 11.6 Å². The number of nitrogens with one attached hydrogen (secondary N) is 1. The number of carbonyl (C=O) groups excluding carboxylic acids is 1. The van der Waals surface area contributed by atoms with Crippen LogP contribution in [0.5, 0.6) is 0 Å². The Kier molecular flexibility index (Phi) is 4.03. The van der Waals surface area contributed by atoms with E-state index in [9.17, 15) is 14.7 Å². The zero-order chi connectivity index (χ0) is 19.3. The van der Waals surface area contributed by atoms with Gasteiger partial charge in [-0.25, -0.2) is 0 Å². The molecule has 3 aromatic rings. The lowest BCUT2D eigenvalue weighted by Crippen LogP contribution is -2.50. The summed E-state index contributed by atoms with van der Waals surface area (Å²) in [7, 11) is 0. The molecule has 1 aliphatic heterocycles. The van der Waals surface area contributed by atoms with Gasteiger partial charge in [0.15, 0.2) is 0 Å². The maximum Gasteiger partial charge on any atom is 0.293 e. The number of aliphatic hydroxyl groups excluding tert-OH is 1. The van der Waals surface area contributed by atoms with Gasteiger partial charge in [0.25, 0.3) is 11.5 Å². The Morgan fingerprint density at radius 2 is 2.04 bits per heavy atom. The van der Waals surface area contributed by atoms with E-state index >= 15 is 0 Å². The Morgan fingerprint density at radius 3 is 2.74 bits per heavy atom. The standard InChI is InChI=1S/C19H23N5O3/c1-19(2,3)12-8-9-23(10-14(12)25)17(27)15-20-18-21-16(26)11-6-4-5-7-13(11)24(18)22-15/h4-7,12,14,25H,8-10H2,1-3H3,(H,20,21,22,26)/t12-,14-/m1/s1. The average Bonchev–Trinajstić information content (AvgIpc) is 3.04. The number of carbonyl (C=O) groups is 1. The van der Waals surface area contributed by atoms with Crippen LogP contribution in [0.15, 0.2) is 29.1 Å². The lowest BCUT2D eigenvalue weighted by molar-refractivity contribution is -0.0191. The number of para-hydroxylation sites is 1. The van der Waals surface area contributed by atoms with Gasteiger partial charge in [-0.1, -0.05) is 32.9 Å². The van der Waals surface area contributed by atoms with Crippen LogP contribution in [0.25, 0.3) is 16.7 Å². The van der Waals surface area contributed by atoms with E-state index in [4.69, 9.17) is 0 Å². The monoisotopic (exact) mass is 369 g/mol. The van der Waals surface area contributed by atoms with Crippen LogP contribution in [0.4, 0.5) is 0 Å². The molecule has 8 heteroatoms. The molecular weight excluding hydrogens is 346 g/mol. The van der Waals surface area contributed by atoms with E-state index in [1.165, 1.54) is 4.52 Å². The molecule has 2 N–H and O–H groups in total. The topological polar surface area (TPSA) is 104 Å². The van der Waals surface area contributed by atoms with E-state index in [1.807, 2.05) is 0 Å². The fourth-order valence-corrected chi connectivity index (χ4v) is 3.94. The van der Waals surface area contributed by atoms with E-state index in [0.29, 0.717) is 17.4 Å². The number of benzene rings is 1. The maximum atomic E-state index is 12.9. The average molecular weight is 369 g/mol. The van der Waals surface area contributed by atoms with Gasteiger partial charge in [0.05, 0.1) is 17.0 Å². The van der Waals surface area contributed by atoms with Gasteiger partial charge < -0.3 is 10.0 Å². The molecule has 1 saturated heterocycles. The number of aliphatic hydroxyl groups is 1. The van der Waals surface area contributed by atoms with Crippen LogP contribution < -0.4 is 5.56 Å². The number of hydrogen-bond donors (Lipinski definition) is 2. The smallest absolute Gasteiger partial charge is 0.293 e. The zero-order valence-electron chi connectivity index (χ0n) is 15.6. The van der Waals surface area contributed by atoms with Crippen LogP contribution in [0.2, 0.25) is 0 Å². The predicted molar refractivity (Wildman–Crippen MR) is 101 cm³/mol. The number of piperidine rings is 1. The first-order valence-electron chi connectivity index (χ1n) is 9.11. The number of hydrogen-bond acceptors (Lipinski definition) is 5. The largest absolute Gasteiger partial charge is 0.391 e. The van der Waals surface area contributed by atoms with Gasteiger partial charge in [-0.05, 0) is 29.9 Å². The van der Waals surface area contributed by atoms with Gasteiger partial charge in [-0.15, -0.1) is 5.10 Å². The van der Waals surface area contributed by atoms with Crippen LogP contribution >= 0.6 is 0 Å². The molecule has 3 heterocycles. The summed E-state index contributed by atoms with van der Waals surface area (Å²) in [5, 5.41) is 15.3. The Morgan fingerprint density at radius 1 is 1.30 bits per heavy atom. The van der Waals surface area contributed by atoms with Gasteiger partial charge >= 0.3 is 0 Å². The van der Waals surface area contributed by atoms with Crippen LogP contribution in [0.3, 0.4) is 0 Å². The van der Waals surface area contributed by atoms with Crippen molar-refractivity contribution in [2.45, 2.75) is 33.3 Å². The number of aromatic amines is 1. The Balaban J connectivity index is 1.66. The fourth-order valence-electron chi connectivity index (χ4n) is 3.94. The van der Waals surface area contributed by atoms with Crippen molar-refractivity contribution in [1.82, 2.24) is 24.5 Å². The Labute approximate surface area is 155 Å². The number of amides is 1. The van der Waals surface area contributed by atoms with Gasteiger partial charge in [-0.2, -0.15) is 9.50 Å². The SMILES string of the molecule is CC(C)(C)[C@@H]1CCN(C(=O)c2nc3[nH]c(=O)c4ccccc4n3n2)C[C@H]1O. The second-order valence-electron chi connectivity index (χ2n) is 8.22. The normalized spacial score (nSPS) is 21.1. The van der Waals surface area contributed by atoms with Crippen molar-refractivity contribution >= 4 is 22.6 Å². The molecule has 1 fully saturated rings. The minimum Gasteiger partial charge on any atom is -0.391 e. The first-order chi connectivity index (χ1) is 12.8. The van der Waals surface area contributed by atoms with E-state index in [0.717, 1.165) is 6.42 Å². The fraction of sp³-hybridized carbons (Fsp3) is 0.474. The third-order valence-electron chi connectivity index (χ3n) is 5.38. The number of likely N-dealkylation sites (tertiary alicyclic amines) is 1. The van der Waals surface area contributed by atoms with Gasteiger partial charge in [0.1, 0.15) is 0 Å². The third-order valence-corrected chi connectivity index (χ3v) is 5.38. The summed E-state index contributed by atoms with van der Waals surface area (Å²) in [5.74, 6) is 0.0431.